The van der Waals surface area contributed by atoms with Gasteiger partial charge in [-0.25, -0.2) is 4.39 Å². The van der Waals surface area contributed by atoms with Gasteiger partial charge in [-0.1, -0.05) is 30.3 Å². The lowest BCUT2D eigenvalue weighted by molar-refractivity contribution is -0.121. The highest BCUT2D eigenvalue weighted by Crippen LogP contribution is 2.16. The predicted octanol–water partition coefficient (Wildman–Crippen LogP) is 2.01. The van der Waals surface area contributed by atoms with Crippen molar-refractivity contribution < 1.29 is 13.9 Å². The van der Waals surface area contributed by atoms with Crippen LogP contribution in [0.15, 0.2) is 48.5 Å². The van der Waals surface area contributed by atoms with E-state index in [2.05, 4.69) is 0 Å². The van der Waals surface area contributed by atoms with Crippen LogP contribution in [0.1, 0.15) is 11.1 Å². The first kappa shape index (κ1) is 16.0. The third-order valence-electron chi connectivity index (χ3n) is 3.36. The van der Waals surface area contributed by atoms with Crippen LogP contribution in [0.4, 0.5) is 4.39 Å². The number of carbonyl (C=O) groups is 1. The second kappa shape index (κ2) is 7.56. The molecular formula is C17H19FN2O2. The third kappa shape index (κ3) is 4.56. The molecule has 116 valence electrons. The number of amides is 1. The van der Waals surface area contributed by atoms with Gasteiger partial charge in [0.1, 0.15) is 18.2 Å². The maximum Gasteiger partial charge on any atom is 0.222 e. The third-order valence-corrected chi connectivity index (χ3v) is 3.36. The van der Waals surface area contributed by atoms with E-state index in [0.29, 0.717) is 18.8 Å². The minimum absolute atomic E-state index is 0.222. The summed E-state index contributed by atoms with van der Waals surface area (Å²) in [5, 5.41) is 0. The maximum atomic E-state index is 13.1. The van der Waals surface area contributed by atoms with Crippen molar-refractivity contribution in [1.29, 1.82) is 0 Å². The fraction of sp³-hybridized carbons (Fsp3) is 0.235. The predicted molar refractivity (Wildman–Crippen MR) is 82.6 cm³/mol. The molecule has 5 heteroatoms. The summed E-state index contributed by atoms with van der Waals surface area (Å²) in [5.74, 6) is -0.635. The molecular weight excluding hydrogens is 283 g/mol. The molecule has 4 nitrogen and oxygen atoms in total. The van der Waals surface area contributed by atoms with Crippen LogP contribution >= 0.6 is 0 Å². The van der Waals surface area contributed by atoms with E-state index in [-0.39, 0.29) is 18.3 Å². The number of hydrogen-bond acceptors (Lipinski definition) is 3. The lowest BCUT2D eigenvalue weighted by Gasteiger charge is -2.12. The molecule has 0 radical (unpaired) electrons. The Balaban J connectivity index is 2.00. The number of hydrogen-bond donors (Lipinski definition) is 2. The normalized spacial score (nSPS) is 11.9. The lowest BCUT2D eigenvalue weighted by atomic mass is 9.97. The van der Waals surface area contributed by atoms with Gasteiger partial charge in [0.25, 0.3) is 0 Å². The largest absolute Gasteiger partial charge is 0.489 e. The Morgan fingerprint density at radius 2 is 1.86 bits per heavy atom. The van der Waals surface area contributed by atoms with Crippen molar-refractivity contribution in [1.82, 2.24) is 0 Å². The molecule has 22 heavy (non-hydrogen) atoms. The van der Waals surface area contributed by atoms with Gasteiger partial charge >= 0.3 is 0 Å². The van der Waals surface area contributed by atoms with E-state index in [9.17, 15) is 9.18 Å². The number of benzene rings is 2. The highest BCUT2D eigenvalue weighted by molar-refractivity contribution is 5.77. The number of halogens is 1. The van der Waals surface area contributed by atoms with Crippen LogP contribution in [0.3, 0.4) is 0 Å². The molecule has 0 unspecified atom stereocenters. The number of nitrogens with two attached hydrogens (primary N) is 2. The van der Waals surface area contributed by atoms with Gasteiger partial charge in [-0.2, -0.15) is 0 Å². The number of ether oxygens (including phenoxy) is 1. The summed E-state index contributed by atoms with van der Waals surface area (Å²) in [6.45, 7) is 0.542. The summed E-state index contributed by atoms with van der Waals surface area (Å²) in [4.78, 5) is 11.2. The van der Waals surface area contributed by atoms with Gasteiger partial charge in [0, 0.05) is 12.6 Å². The van der Waals surface area contributed by atoms with Gasteiger partial charge in [-0.15, -0.1) is 0 Å². The first-order valence-electron chi connectivity index (χ1n) is 7.04. The molecule has 0 aliphatic heterocycles. The molecule has 1 atom stereocenters. The van der Waals surface area contributed by atoms with Crippen molar-refractivity contribution in [3.63, 3.8) is 0 Å². The highest BCUT2D eigenvalue weighted by atomic mass is 19.1. The van der Waals surface area contributed by atoms with Gasteiger partial charge in [0.2, 0.25) is 5.91 Å². The second-order valence-corrected chi connectivity index (χ2v) is 5.11. The molecule has 0 saturated heterocycles. The van der Waals surface area contributed by atoms with Crippen LogP contribution < -0.4 is 16.2 Å². The molecule has 1 amide bonds. The van der Waals surface area contributed by atoms with Crippen LogP contribution in [0.5, 0.6) is 5.75 Å². The molecule has 0 saturated carbocycles. The molecule has 0 aromatic heterocycles. The van der Waals surface area contributed by atoms with Gasteiger partial charge < -0.3 is 16.2 Å². The summed E-state index contributed by atoms with van der Waals surface area (Å²) in [6.07, 6.45) is 0.500. The SMILES string of the molecule is NC[C@H](Cc1cccc(COc2cccc(F)c2)c1)C(N)=O. The molecule has 0 bridgehead atoms. The van der Waals surface area contributed by atoms with E-state index in [1.54, 1.807) is 12.1 Å². The van der Waals surface area contributed by atoms with E-state index in [0.717, 1.165) is 11.1 Å². The topological polar surface area (TPSA) is 78.3 Å². The van der Waals surface area contributed by atoms with Crippen molar-refractivity contribution in [3.05, 3.63) is 65.5 Å². The molecule has 0 aliphatic carbocycles. The number of rotatable bonds is 7. The average molecular weight is 302 g/mol. The molecule has 0 aliphatic rings. The Morgan fingerprint density at radius 3 is 2.55 bits per heavy atom. The minimum Gasteiger partial charge on any atom is -0.489 e. The Morgan fingerprint density at radius 1 is 1.14 bits per heavy atom. The van der Waals surface area contributed by atoms with E-state index in [1.807, 2.05) is 24.3 Å². The van der Waals surface area contributed by atoms with Crippen LogP contribution in [-0.4, -0.2) is 12.5 Å². The van der Waals surface area contributed by atoms with E-state index < -0.39 is 5.91 Å². The fourth-order valence-electron chi connectivity index (χ4n) is 2.15. The molecule has 0 heterocycles. The monoisotopic (exact) mass is 302 g/mol. The first-order valence-corrected chi connectivity index (χ1v) is 7.04. The highest BCUT2D eigenvalue weighted by Gasteiger charge is 2.14. The lowest BCUT2D eigenvalue weighted by Crippen LogP contribution is -2.31. The second-order valence-electron chi connectivity index (χ2n) is 5.11. The zero-order chi connectivity index (χ0) is 15.9. The Labute approximate surface area is 128 Å². The average Bonchev–Trinajstić information content (AvgIpc) is 2.51. The van der Waals surface area contributed by atoms with Crippen molar-refractivity contribution in [2.45, 2.75) is 13.0 Å². The van der Waals surface area contributed by atoms with Crippen LogP contribution in [0.2, 0.25) is 0 Å². The van der Waals surface area contributed by atoms with E-state index in [4.69, 9.17) is 16.2 Å². The van der Waals surface area contributed by atoms with Crippen molar-refractivity contribution in [2.75, 3.05) is 6.54 Å². The van der Waals surface area contributed by atoms with E-state index >= 15 is 0 Å². The van der Waals surface area contributed by atoms with Gasteiger partial charge in [-0.05, 0) is 29.7 Å². The van der Waals surface area contributed by atoms with Gasteiger partial charge in [0.15, 0.2) is 0 Å². The molecule has 4 N–H and O–H groups in total. The molecule has 2 aromatic rings. The van der Waals surface area contributed by atoms with Crippen molar-refractivity contribution in [3.8, 4) is 5.75 Å². The quantitative estimate of drug-likeness (QED) is 0.821. The summed E-state index contributed by atoms with van der Waals surface area (Å²) in [6, 6.07) is 13.6. The zero-order valence-corrected chi connectivity index (χ0v) is 12.2. The van der Waals surface area contributed by atoms with E-state index in [1.165, 1.54) is 12.1 Å². The Kier molecular flexibility index (Phi) is 5.49. The Bertz CT molecular complexity index is 646. The smallest absolute Gasteiger partial charge is 0.222 e. The summed E-state index contributed by atoms with van der Waals surface area (Å²) in [7, 11) is 0. The summed E-state index contributed by atoms with van der Waals surface area (Å²) < 4.78 is 18.6. The summed E-state index contributed by atoms with van der Waals surface area (Å²) >= 11 is 0. The standard InChI is InChI=1S/C17H19FN2O2/c18-15-5-2-6-16(9-15)22-11-13-4-1-3-12(7-13)8-14(10-19)17(20)21/h1-7,9,14H,8,10-11,19H2,(H2,20,21)/t14-/m0/s1. The molecule has 2 rings (SSSR count). The van der Waals surface area contributed by atoms with Crippen molar-refractivity contribution in [2.24, 2.45) is 17.4 Å². The van der Waals surface area contributed by atoms with Crippen LogP contribution in [0.25, 0.3) is 0 Å². The molecule has 0 fully saturated rings. The maximum absolute atomic E-state index is 13.1. The van der Waals surface area contributed by atoms with Gasteiger partial charge in [-0.3, -0.25) is 4.79 Å². The zero-order valence-electron chi connectivity index (χ0n) is 12.2. The van der Waals surface area contributed by atoms with Crippen LogP contribution in [0, 0.1) is 11.7 Å². The number of carbonyl (C=O) groups excluding carboxylic acids is 1. The summed E-state index contributed by atoms with van der Waals surface area (Å²) in [5.41, 5.74) is 12.7. The Hall–Kier alpha value is -2.40. The number of primary amides is 1. The van der Waals surface area contributed by atoms with Crippen LogP contribution in [-0.2, 0) is 17.8 Å². The molecule has 0 spiro atoms. The molecule has 2 aromatic carbocycles. The minimum atomic E-state index is -0.399. The van der Waals surface area contributed by atoms with Crippen molar-refractivity contribution >= 4 is 5.91 Å². The fourth-order valence-corrected chi connectivity index (χ4v) is 2.15. The first-order chi connectivity index (χ1) is 10.6. The van der Waals surface area contributed by atoms with Gasteiger partial charge in [0.05, 0.1) is 5.92 Å².